The Kier molecular flexibility index (Phi) is 5.12. The first-order valence-electron chi connectivity index (χ1n) is 10.7. The summed E-state index contributed by atoms with van der Waals surface area (Å²) < 4.78 is 33.2. The van der Waals surface area contributed by atoms with Crippen LogP contribution in [-0.4, -0.2) is 37.3 Å². The minimum atomic E-state index is -3.05. The molecule has 1 N–H and O–H groups in total. The molecule has 8 nitrogen and oxygen atoms in total. The molecule has 0 fully saturated rings. The van der Waals surface area contributed by atoms with Gasteiger partial charge in [-0.05, 0) is 26.0 Å². The van der Waals surface area contributed by atoms with Crippen molar-refractivity contribution in [2.75, 3.05) is 6.54 Å². The van der Waals surface area contributed by atoms with E-state index in [0.717, 1.165) is 16.6 Å². The van der Waals surface area contributed by atoms with Crippen molar-refractivity contribution >= 4 is 16.8 Å². The van der Waals surface area contributed by atoms with Crippen LogP contribution < -0.4 is 0 Å². The van der Waals surface area contributed by atoms with E-state index in [2.05, 4.69) is 15.0 Å². The van der Waals surface area contributed by atoms with E-state index in [1.165, 1.54) is 18.7 Å². The maximum absolute atomic E-state index is 13.8. The molecule has 0 aliphatic carbocycles. The van der Waals surface area contributed by atoms with Crippen molar-refractivity contribution in [2.24, 2.45) is 0 Å². The van der Waals surface area contributed by atoms with E-state index in [0.29, 0.717) is 17.8 Å². The molecule has 0 saturated heterocycles. The number of fused-ring (bicyclic) bond motifs is 2. The zero-order chi connectivity index (χ0) is 24.0. The number of nitrogens with zero attached hydrogens (tertiary/aromatic N) is 5. The number of alkyl halides is 2. The summed E-state index contributed by atoms with van der Waals surface area (Å²) in [5.74, 6) is -1.55. The summed E-state index contributed by atoms with van der Waals surface area (Å²) in [5.41, 5.74) is 0.678. The lowest BCUT2D eigenvalue weighted by Gasteiger charge is -2.34. The number of benzene rings is 1. The quantitative estimate of drug-likeness (QED) is 0.479. The standard InChI is InChI=1S/C24H20F2N6O2/c1-24(2,11-27)23-31-18(21(25)26)20(34-23)22(33)32-10-9-15-17(29-12-28-15)19(32)16-8-7-13-5-3-4-6-14(13)30-16/h3-8,12,19,21H,9-10H2,1-2H3,(H,28,29)/t19-/m0/s1. The Morgan fingerprint density at radius 3 is 2.82 bits per heavy atom. The molecule has 0 radical (unpaired) electrons. The first-order valence-corrected chi connectivity index (χ1v) is 10.7. The van der Waals surface area contributed by atoms with Crippen LogP contribution in [0.4, 0.5) is 8.78 Å². The molecule has 0 bridgehead atoms. The number of rotatable bonds is 4. The molecule has 1 amide bonds. The Hall–Kier alpha value is -4.13. The molecule has 1 aromatic carbocycles. The van der Waals surface area contributed by atoms with Gasteiger partial charge in [-0.15, -0.1) is 0 Å². The number of amides is 1. The minimum absolute atomic E-state index is 0.230. The highest BCUT2D eigenvalue weighted by Gasteiger charge is 2.40. The lowest BCUT2D eigenvalue weighted by molar-refractivity contribution is 0.0637. The maximum Gasteiger partial charge on any atom is 0.292 e. The Morgan fingerprint density at radius 1 is 1.26 bits per heavy atom. The fraction of sp³-hybridized carbons (Fsp3) is 0.292. The zero-order valence-electron chi connectivity index (χ0n) is 18.4. The number of imidazole rings is 1. The van der Waals surface area contributed by atoms with Gasteiger partial charge in [0.15, 0.2) is 5.69 Å². The second kappa shape index (κ2) is 8.02. The number of carbonyl (C=O) groups is 1. The highest BCUT2D eigenvalue weighted by atomic mass is 19.3. The predicted molar refractivity (Wildman–Crippen MR) is 117 cm³/mol. The Morgan fingerprint density at radius 2 is 2.06 bits per heavy atom. The van der Waals surface area contributed by atoms with Crippen LogP contribution in [0.1, 0.15) is 65.5 Å². The molecule has 0 unspecified atom stereocenters. The fourth-order valence-electron chi connectivity index (χ4n) is 4.11. The lowest BCUT2D eigenvalue weighted by Crippen LogP contribution is -2.41. The van der Waals surface area contributed by atoms with Crippen molar-refractivity contribution in [3.63, 3.8) is 0 Å². The number of carbonyl (C=O) groups excluding carboxylic acids is 1. The molecular formula is C24H20F2N6O2. The molecular weight excluding hydrogens is 442 g/mol. The van der Waals surface area contributed by atoms with Gasteiger partial charge in [-0.2, -0.15) is 5.26 Å². The molecule has 1 aliphatic heterocycles. The Labute approximate surface area is 193 Å². The monoisotopic (exact) mass is 462 g/mol. The van der Waals surface area contributed by atoms with Crippen molar-refractivity contribution in [1.82, 2.24) is 24.8 Å². The van der Waals surface area contributed by atoms with Crippen molar-refractivity contribution in [1.29, 1.82) is 5.26 Å². The van der Waals surface area contributed by atoms with Gasteiger partial charge < -0.3 is 14.3 Å². The van der Waals surface area contributed by atoms with Crippen LogP contribution in [0.25, 0.3) is 10.9 Å². The van der Waals surface area contributed by atoms with Crippen LogP contribution >= 0.6 is 0 Å². The third kappa shape index (κ3) is 3.50. The summed E-state index contributed by atoms with van der Waals surface area (Å²) in [6.45, 7) is 3.20. The fourth-order valence-corrected chi connectivity index (χ4v) is 4.11. The average Bonchev–Trinajstić information content (AvgIpc) is 3.50. The molecule has 4 heterocycles. The first-order chi connectivity index (χ1) is 16.3. The number of hydrogen-bond donors (Lipinski definition) is 1. The molecule has 4 aromatic rings. The second-order valence-electron chi connectivity index (χ2n) is 8.62. The largest absolute Gasteiger partial charge is 0.433 e. The van der Waals surface area contributed by atoms with Gasteiger partial charge in [0, 0.05) is 24.0 Å². The molecule has 5 rings (SSSR count). The zero-order valence-corrected chi connectivity index (χ0v) is 18.4. The van der Waals surface area contributed by atoms with Crippen LogP contribution in [-0.2, 0) is 11.8 Å². The number of nitrogens with one attached hydrogen (secondary N) is 1. The van der Waals surface area contributed by atoms with Crippen LogP contribution in [0, 0.1) is 11.3 Å². The maximum atomic E-state index is 13.8. The molecule has 1 aliphatic rings. The van der Waals surface area contributed by atoms with Crippen molar-refractivity contribution in [3.8, 4) is 6.07 Å². The number of aromatic amines is 1. The minimum Gasteiger partial charge on any atom is -0.433 e. The number of nitriles is 1. The van der Waals surface area contributed by atoms with Crippen LogP contribution in [0.15, 0.2) is 47.1 Å². The molecule has 3 aromatic heterocycles. The van der Waals surface area contributed by atoms with Gasteiger partial charge in [0.2, 0.25) is 11.7 Å². The van der Waals surface area contributed by atoms with Crippen LogP contribution in [0.3, 0.4) is 0 Å². The van der Waals surface area contributed by atoms with E-state index in [1.807, 2.05) is 36.4 Å². The molecule has 0 spiro atoms. The molecule has 10 heteroatoms. The molecule has 1 atom stereocenters. The number of para-hydroxylation sites is 1. The van der Waals surface area contributed by atoms with Crippen molar-refractivity contribution in [2.45, 2.75) is 38.2 Å². The van der Waals surface area contributed by atoms with E-state index in [1.54, 1.807) is 12.4 Å². The molecule has 34 heavy (non-hydrogen) atoms. The predicted octanol–water partition coefficient (Wildman–Crippen LogP) is 4.47. The van der Waals surface area contributed by atoms with Gasteiger partial charge in [0.05, 0.1) is 29.3 Å². The smallest absolute Gasteiger partial charge is 0.292 e. The van der Waals surface area contributed by atoms with Gasteiger partial charge in [-0.1, -0.05) is 24.3 Å². The van der Waals surface area contributed by atoms with Gasteiger partial charge >= 0.3 is 0 Å². The molecule has 0 saturated carbocycles. The summed E-state index contributed by atoms with van der Waals surface area (Å²) in [7, 11) is 0. The van der Waals surface area contributed by atoms with Crippen molar-refractivity contribution in [3.05, 3.63) is 77.2 Å². The third-order valence-electron chi connectivity index (χ3n) is 5.95. The summed E-state index contributed by atoms with van der Waals surface area (Å²) in [4.78, 5) is 31.1. The SMILES string of the molecule is CC(C)(C#N)c1nc(C(F)F)c(C(=O)N2CCc3[nH]cnc3[C@@H]2c2ccc3ccccc3n2)o1. The van der Waals surface area contributed by atoms with Crippen LogP contribution in [0.2, 0.25) is 0 Å². The first kappa shape index (κ1) is 21.7. The average molecular weight is 462 g/mol. The highest BCUT2D eigenvalue weighted by Crippen LogP contribution is 2.36. The molecule has 172 valence electrons. The number of pyridine rings is 1. The number of hydrogen-bond acceptors (Lipinski definition) is 6. The Balaban J connectivity index is 1.62. The van der Waals surface area contributed by atoms with Gasteiger partial charge in [0.1, 0.15) is 11.5 Å². The van der Waals surface area contributed by atoms with Gasteiger partial charge in [0.25, 0.3) is 12.3 Å². The lowest BCUT2D eigenvalue weighted by atomic mass is 9.96. The van der Waals surface area contributed by atoms with Crippen molar-refractivity contribution < 1.29 is 18.0 Å². The highest BCUT2D eigenvalue weighted by molar-refractivity contribution is 5.93. The topological polar surface area (TPSA) is 112 Å². The second-order valence-corrected chi connectivity index (χ2v) is 8.62. The van der Waals surface area contributed by atoms with E-state index in [-0.39, 0.29) is 12.4 Å². The Bertz CT molecular complexity index is 1430. The van der Waals surface area contributed by atoms with Gasteiger partial charge in [-0.25, -0.2) is 18.7 Å². The van der Waals surface area contributed by atoms with Crippen LogP contribution in [0.5, 0.6) is 0 Å². The number of H-pyrrole nitrogens is 1. The van der Waals surface area contributed by atoms with E-state index in [4.69, 9.17) is 9.40 Å². The number of oxazole rings is 1. The number of aromatic nitrogens is 4. The summed E-state index contributed by atoms with van der Waals surface area (Å²) >= 11 is 0. The van der Waals surface area contributed by atoms with E-state index >= 15 is 0 Å². The summed E-state index contributed by atoms with van der Waals surface area (Å²) in [6, 6.07) is 12.5. The normalized spacial score (nSPS) is 16.0. The summed E-state index contributed by atoms with van der Waals surface area (Å²) in [6.07, 6.45) is -1.05. The number of halogens is 2. The van der Waals surface area contributed by atoms with E-state index in [9.17, 15) is 18.8 Å². The summed E-state index contributed by atoms with van der Waals surface area (Å²) in [5, 5.41) is 10.3. The third-order valence-corrected chi connectivity index (χ3v) is 5.95. The van der Waals surface area contributed by atoms with E-state index < -0.39 is 35.2 Å². The van der Waals surface area contributed by atoms with Gasteiger partial charge in [-0.3, -0.25) is 9.78 Å².